The summed E-state index contributed by atoms with van der Waals surface area (Å²) in [5.41, 5.74) is 1.60. The van der Waals surface area contributed by atoms with Crippen molar-refractivity contribution in [3.63, 3.8) is 0 Å². The minimum atomic E-state index is -0.337. The molecule has 0 atom stereocenters. The van der Waals surface area contributed by atoms with E-state index < -0.39 is 0 Å². The van der Waals surface area contributed by atoms with E-state index in [9.17, 15) is 14.0 Å². The molecular formula is C22H25FN2O3. The van der Waals surface area contributed by atoms with E-state index in [1.165, 1.54) is 12.1 Å². The van der Waals surface area contributed by atoms with Crippen LogP contribution >= 0.6 is 0 Å². The second-order valence-corrected chi connectivity index (χ2v) is 6.99. The Labute approximate surface area is 164 Å². The predicted molar refractivity (Wildman–Crippen MR) is 104 cm³/mol. The molecule has 6 heteroatoms. The van der Waals surface area contributed by atoms with Crippen LogP contribution in [0.2, 0.25) is 0 Å². The number of ether oxygens (including phenoxy) is 1. The number of benzene rings is 2. The number of carbonyl (C=O) groups is 2. The molecule has 0 aliphatic carbocycles. The van der Waals surface area contributed by atoms with Gasteiger partial charge in [-0.15, -0.1) is 0 Å². The number of piperidine rings is 1. The normalized spacial score (nSPS) is 14.6. The van der Waals surface area contributed by atoms with Gasteiger partial charge in [-0.2, -0.15) is 0 Å². The number of carbonyl (C=O) groups excluding carboxylic acids is 2. The molecule has 5 nitrogen and oxygen atoms in total. The van der Waals surface area contributed by atoms with Crippen LogP contribution in [0.3, 0.4) is 0 Å². The van der Waals surface area contributed by atoms with E-state index in [4.69, 9.17) is 4.74 Å². The van der Waals surface area contributed by atoms with Crippen LogP contribution in [-0.4, -0.2) is 36.9 Å². The number of methoxy groups -OCH3 is 1. The van der Waals surface area contributed by atoms with Gasteiger partial charge in [-0.3, -0.25) is 9.59 Å². The minimum Gasteiger partial charge on any atom is -0.496 e. The third kappa shape index (κ3) is 5.09. The van der Waals surface area contributed by atoms with Crippen molar-refractivity contribution < 1.29 is 18.7 Å². The molecule has 1 saturated heterocycles. The summed E-state index contributed by atoms with van der Waals surface area (Å²) in [7, 11) is 1.61. The number of likely N-dealkylation sites (tertiary alicyclic amines) is 1. The Bertz CT molecular complexity index is 832. The smallest absolute Gasteiger partial charge is 0.226 e. The van der Waals surface area contributed by atoms with E-state index in [1.807, 2.05) is 24.3 Å². The summed E-state index contributed by atoms with van der Waals surface area (Å²) in [5, 5.41) is 2.97. The first-order chi connectivity index (χ1) is 13.6. The van der Waals surface area contributed by atoms with E-state index in [0.29, 0.717) is 38.0 Å². The number of halogens is 1. The fourth-order valence-electron chi connectivity index (χ4n) is 3.50. The summed E-state index contributed by atoms with van der Waals surface area (Å²) in [4.78, 5) is 26.7. The lowest BCUT2D eigenvalue weighted by atomic mass is 9.95. The largest absolute Gasteiger partial charge is 0.496 e. The van der Waals surface area contributed by atoms with Crippen LogP contribution in [0.5, 0.6) is 5.75 Å². The average Bonchev–Trinajstić information content (AvgIpc) is 2.72. The van der Waals surface area contributed by atoms with Gasteiger partial charge in [0.25, 0.3) is 0 Å². The van der Waals surface area contributed by atoms with Gasteiger partial charge in [-0.1, -0.05) is 30.3 Å². The van der Waals surface area contributed by atoms with Crippen LogP contribution in [0.1, 0.15) is 24.0 Å². The SMILES string of the molecule is COc1ccccc1CNC(=O)C1CCN(C(=O)Cc2cccc(F)c2)CC1. The Morgan fingerprint density at radius 1 is 1.14 bits per heavy atom. The number of rotatable bonds is 6. The number of amides is 2. The molecule has 0 unspecified atom stereocenters. The third-order valence-electron chi connectivity index (χ3n) is 5.11. The van der Waals surface area contributed by atoms with Crippen molar-refractivity contribution in [2.45, 2.75) is 25.8 Å². The Morgan fingerprint density at radius 3 is 2.61 bits per heavy atom. The zero-order valence-corrected chi connectivity index (χ0v) is 16.0. The Morgan fingerprint density at radius 2 is 1.89 bits per heavy atom. The van der Waals surface area contributed by atoms with Gasteiger partial charge < -0.3 is 15.0 Å². The first-order valence-electron chi connectivity index (χ1n) is 9.48. The highest BCUT2D eigenvalue weighted by Crippen LogP contribution is 2.20. The molecule has 1 aliphatic rings. The summed E-state index contributed by atoms with van der Waals surface area (Å²) in [6, 6.07) is 13.7. The highest BCUT2D eigenvalue weighted by molar-refractivity contribution is 5.81. The van der Waals surface area contributed by atoms with Crippen molar-refractivity contribution in [1.29, 1.82) is 0 Å². The highest BCUT2D eigenvalue weighted by atomic mass is 19.1. The Kier molecular flexibility index (Phi) is 6.63. The van der Waals surface area contributed by atoms with Crippen molar-refractivity contribution in [2.75, 3.05) is 20.2 Å². The lowest BCUT2D eigenvalue weighted by Crippen LogP contribution is -2.43. The molecule has 1 N–H and O–H groups in total. The molecule has 2 aromatic carbocycles. The van der Waals surface area contributed by atoms with Gasteiger partial charge in [0.15, 0.2) is 0 Å². The second kappa shape index (κ2) is 9.35. The molecular weight excluding hydrogens is 359 g/mol. The van der Waals surface area contributed by atoms with E-state index in [1.54, 1.807) is 24.1 Å². The van der Waals surface area contributed by atoms with Gasteiger partial charge in [0, 0.05) is 31.1 Å². The molecule has 2 amide bonds. The zero-order valence-electron chi connectivity index (χ0n) is 16.0. The topological polar surface area (TPSA) is 58.6 Å². The van der Waals surface area contributed by atoms with Crippen molar-refractivity contribution >= 4 is 11.8 Å². The van der Waals surface area contributed by atoms with Crippen LogP contribution in [0.15, 0.2) is 48.5 Å². The molecule has 28 heavy (non-hydrogen) atoms. The van der Waals surface area contributed by atoms with Crippen molar-refractivity contribution in [2.24, 2.45) is 5.92 Å². The van der Waals surface area contributed by atoms with Gasteiger partial charge in [0.1, 0.15) is 11.6 Å². The van der Waals surface area contributed by atoms with E-state index in [0.717, 1.165) is 11.3 Å². The summed E-state index contributed by atoms with van der Waals surface area (Å²) >= 11 is 0. The van der Waals surface area contributed by atoms with Crippen LogP contribution in [-0.2, 0) is 22.6 Å². The summed E-state index contributed by atoms with van der Waals surface area (Å²) < 4.78 is 18.6. The minimum absolute atomic E-state index is 0.00290. The molecule has 0 spiro atoms. The quantitative estimate of drug-likeness (QED) is 0.833. The molecule has 0 radical (unpaired) electrons. The first-order valence-corrected chi connectivity index (χ1v) is 9.48. The summed E-state index contributed by atoms with van der Waals surface area (Å²) in [6.45, 7) is 1.50. The number of hydrogen-bond acceptors (Lipinski definition) is 3. The molecule has 1 heterocycles. The van der Waals surface area contributed by atoms with E-state index in [-0.39, 0.29) is 30.0 Å². The number of para-hydroxylation sites is 1. The number of hydrogen-bond donors (Lipinski definition) is 1. The van der Waals surface area contributed by atoms with E-state index >= 15 is 0 Å². The fourth-order valence-corrected chi connectivity index (χ4v) is 3.50. The summed E-state index contributed by atoms with van der Waals surface area (Å²) in [5.74, 6) is 0.283. The maximum absolute atomic E-state index is 13.3. The molecule has 0 aromatic heterocycles. The van der Waals surface area contributed by atoms with Crippen LogP contribution in [0.4, 0.5) is 4.39 Å². The lowest BCUT2D eigenvalue weighted by molar-refractivity contribution is -0.135. The molecule has 1 aliphatic heterocycles. The van der Waals surface area contributed by atoms with Crippen molar-refractivity contribution in [1.82, 2.24) is 10.2 Å². The standard InChI is InChI=1S/C22H25FN2O3/c1-28-20-8-3-2-6-18(20)15-24-22(27)17-9-11-25(12-10-17)21(26)14-16-5-4-7-19(23)13-16/h2-8,13,17H,9-12,14-15H2,1H3,(H,24,27). The second-order valence-electron chi connectivity index (χ2n) is 6.99. The number of nitrogens with one attached hydrogen (secondary N) is 1. The molecule has 3 rings (SSSR count). The predicted octanol–water partition coefficient (Wildman–Crippen LogP) is 2.93. The number of nitrogens with zero attached hydrogens (tertiary/aromatic N) is 1. The first kappa shape index (κ1) is 19.9. The van der Waals surface area contributed by atoms with Gasteiger partial charge >= 0.3 is 0 Å². The molecule has 0 bridgehead atoms. The zero-order chi connectivity index (χ0) is 19.9. The Balaban J connectivity index is 1.46. The monoisotopic (exact) mass is 384 g/mol. The summed E-state index contributed by atoms with van der Waals surface area (Å²) in [6.07, 6.45) is 1.45. The molecule has 1 fully saturated rings. The maximum atomic E-state index is 13.3. The van der Waals surface area contributed by atoms with Gasteiger partial charge in [0.2, 0.25) is 11.8 Å². The Hall–Kier alpha value is -2.89. The van der Waals surface area contributed by atoms with Crippen molar-refractivity contribution in [3.05, 3.63) is 65.5 Å². The van der Waals surface area contributed by atoms with Crippen LogP contribution < -0.4 is 10.1 Å². The highest BCUT2D eigenvalue weighted by Gasteiger charge is 2.27. The lowest BCUT2D eigenvalue weighted by Gasteiger charge is -2.31. The average molecular weight is 384 g/mol. The van der Waals surface area contributed by atoms with Crippen LogP contribution in [0, 0.1) is 11.7 Å². The maximum Gasteiger partial charge on any atom is 0.226 e. The van der Waals surface area contributed by atoms with Gasteiger partial charge in [-0.25, -0.2) is 4.39 Å². The van der Waals surface area contributed by atoms with E-state index in [2.05, 4.69) is 5.32 Å². The molecule has 0 saturated carbocycles. The van der Waals surface area contributed by atoms with Crippen LogP contribution in [0.25, 0.3) is 0 Å². The van der Waals surface area contributed by atoms with Gasteiger partial charge in [-0.05, 0) is 36.6 Å². The van der Waals surface area contributed by atoms with Crippen molar-refractivity contribution in [3.8, 4) is 5.75 Å². The third-order valence-corrected chi connectivity index (χ3v) is 5.11. The molecule has 148 valence electrons. The van der Waals surface area contributed by atoms with Gasteiger partial charge in [0.05, 0.1) is 13.5 Å². The molecule has 2 aromatic rings. The fraction of sp³-hybridized carbons (Fsp3) is 0.364.